The molecule has 0 saturated carbocycles. The smallest absolute Gasteiger partial charge is 0.323 e. The van der Waals surface area contributed by atoms with E-state index in [0.717, 1.165) is 38.4 Å². The molecule has 1 aromatic heterocycles. The number of pyridine rings is 1. The maximum atomic E-state index is 12.3. The summed E-state index contributed by atoms with van der Waals surface area (Å²) in [5, 5.41) is 8.90. The zero-order chi connectivity index (χ0) is 16.7. The summed E-state index contributed by atoms with van der Waals surface area (Å²) >= 11 is 0. The lowest BCUT2D eigenvalue weighted by molar-refractivity contribution is -0.145. The van der Waals surface area contributed by atoms with E-state index in [1.807, 2.05) is 25.1 Å². The molecular formula is C16H24N4O3. The van der Waals surface area contributed by atoms with Crippen molar-refractivity contribution in [3.63, 3.8) is 0 Å². The molecule has 0 aliphatic carbocycles. The summed E-state index contributed by atoms with van der Waals surface area (Å²) in [7, 11) is 0. The monoisotopic (exact) mass is 320 g/mol. The largest absolute Gasteiger partial charge is 0.480 e. The number of piperazine rings is 1. The number of aliphatic carboxylic acids is 1. The molecule has 0 radical (unpaired) electrons. The average molecular weight is 320 g/mol. The minimum Gasteiger partial charge on any atom is -0.480 e. The van der Waals surface area contributed by atoms with Gasteiger partial charge in [-0.25, -0.2) is 4.98 Å². The minimum atomic E-state index is -0.966. The number of amides is 1. The zero-order valence-electron chi connectivity index (χ0n) is 13.5. The summed E-state index contributed by atoms with van der Waals surface area (Å²) in [6.07, 6.45) is 2.53. The Labute approximate surface area is 136 Å². The highest BCUT2D eigenvalue weighted by molar-refractivity contribution is 5.82. The van der Waals surface area contributed by atoms with E-state index in [2.05, 4.69) is 14.8 Å². The first-order chi connectivity index (χ1) is 11.1. The molecule has 2 rings (SSSR count). The molecule has 1 aliphatic rings. The normalized spacial score (nSPS) is 15.4. The second-order valence-corrected chi connectivity index (χ2v) is 5.66. The Morgan fingerprint density at radius 2 is 2.00 bits per heavy atom. The Balaban J connectivity index is 1.83. The second kappa shape index (κ2) is 8.47. The summed E-state index contributed by atoms with van der Waals surface area (Å²) in [5.41, 5.74) is 0. The van der Waals surface area contributed by atoms with E-state index in [-0.39, 0.29) is 19.0 Å². The van der Waals surface area contributed by atoms with Gasteiger partial charge in [-0.3, -0.25) is 14.5 Å². The summed E-state index contributed by atoms with van der Waals surface area (Å²) in [6, 6.07) is 5.84. The number of carboxylic acids is 1. The van der Waals surface area contributed by atoms with Crippen molar-refractivity contribution in [1.82, 2.24) is 14.8 Å². The van der Waals surface area contributed by atoms with E-state index in [1.165, 1.54) is 4.90 Å². The lowest BCUT2D eigenvalue weighted by Crippen LogP contribution is -2.51. The number of nitrogens with zero attached hydrogens (tertiary/aromatic N) is 4. The number of anilines is 1. The van der Waals surface area contributed by atoms with Crippen LogP contribution in [0.25, 0.3) is 0 Å². The van der Waals surface area contributed by atoms with Crippen LogP contribution in [0.15, 0.2) is 24.4 Å². The highest BCUT2D eigenvalue weighted by Crippen LogP contribution is 2.12. The van der Waals surface area contributed by atoms with E-state index in [1.54, 1.807) is 6.20 Å². The van der Waals surface area contributed by atoms with Gasteiger partial charge in [0, 0.05) is 38.9 Å². The van der Waals surface area contributed by atoms with Crippen LogP contribution in [0.3, 0.4) is 0 Å². The zero-order valence-corrected chi connectivity index (χ0v) is 13.5. The molecule has 0 bridgehead atoms. The van der Waals surface area contributed by atoms with Gasteiger partial charge in [-0.15, -0.1) is 0 Å². The van der Waals surface area contributed by atoms with Crippen molar-refractivity contribution < 1.29 is 14.7 Å². The van der Waals surface area contributed by atoms with E-state index in [4.69, 9.17) is 5.11 Å². The van der Waals surface area contributed by atoms with Crippen LogP contribution in [0.4, 0.5) is 5.82 Å². The fraction of sp³-hybridized carbons (Fsp3) is 0.562. The topological polar surface area (TPSA) is 77.0 Å². The third-order valence-electron chi connectivity index (χ3n) is 3.88. The van der Waals surface area contributed by atoms with Crippen molar-refractivity contribution in [2.24, 2.45) is 0 Å². The molecule has 7 heteroatoms. The van der Waals surface area contributed by atoms with Crippen LogP contribution in [-0.4, -0.2) is 77.6 Å². The molecule has 23 heavy (non-hydrogen) atoms. The number of hydrogen-bond donors (Lipinski definition) is 1. The number of hydrogen-bond acceptors (Lipinski definition) is 5. The third-order valence-corrected chi connectivity index (χ3v) is 3.88. The molecular weight excluding hydrogens is 296 g/mol. The Morgan fingerprint density at radius 3 is 2.57 bits per heavy atom. The average Bonchev–Trinajstić information content (AvgIpc) is 2.55. The van der Waals surface area contributed by atoms with E-state index >= 15 is 0 Å². The summed E-state index contributed by atoms with van der Waals surface area (Å²) < 4.78 is 0. The van der Waals surface area contributed by atoms with Crippen molar-refractivity contribution in [3.8, 4) is 0 Å². The van der Waals surface area contributed by atoms with Gasteiger partial charge in [0.15, 0.2) is 0 Å². The Hall–Kier alpha value is -2.15. The lowest BCUT2D eigenvalue weighted by Gasteiger charge is -2.35. The number of aromatic nitrogens is 1. The van der Waals surface area contributed by atoms with Crippen LogP contribution in [0, 0.1) is 0 Å². The standard InChI is InChI=1S/C16H24N4O3/c1-2-7-20(13-16(22)23)15(21)12-18-8-10-19(11-9-18)14-5-3-4-6-17-14/h3-6H,2,7-13H2,1H3,(H,22,23). The van der Waals surface area contributed by atoms with Crippen LogP contribution in [-0.2, 0) is 9.59 Å². The molecule has 0 atom stereocenters. The van der Waals surface area contributed by atoms with Crippen LogP contribution in [0.2, 0.25) is 0 Å². The van der Waals surface area contributed by atoms with Crippen molar-refractivity contribution in [1.29, 1.82) is 0 Å². The predicted octanol–water partition coefficient (Wildman–Crippen LogP) is 0.527. The number of carboxylic acid groups (broad SMARTS) is 1. The van der Waals surface area contributed by atoms with Gasteiger partial charge in [0.05, 0.1) is 6.54 Å². The van der Waals surface area contributed by atoms with E-state index in [9.17, 15) is 9.59 Å². The number of carbonyl (C=O) groups excluding carboxylic acids is 1. The molecule has 0 aromatic carbocycles. The molecule has 1 fully saturated rings. The fourth-order valence-corrected chi connectivity index (χ4v) is 2.69. The molecule has 1 N–H and O–H groups in total. The van der Waals surface area contributed by atoms with Gasteiger partial charge < -0.3 is 14.9 Å². The van der Waals surface area contributed by atoms with Gasteiger partial charge in [-0.2, -0.15) is 0 Å². The van der Waals surface area contributed by atoms with Gasteiger partial charge in [-0.1, -0.05) is 13.0 Å². The van der Waals surface area contributed by atoms with Gasteiger partial charge in [0.1, 0.15) is 12.4 Å². The quantitative estimate of drug-likeness (QED) is 0.789. The minimum absolute atomic E-state index is 0.111. The first-order valence-electron chi connectivity index (χ1n) is 7.98. The van der Waals surface area contributed by atoms with Crippen LogP contribution >= 0.6 is 0 Å². The first kappa shape index (κ1) is 17.2. The fourth-order valence-electron chi connectivity index (χ4n) is 2.69. The SMILES string of the molecule is CCCN(CC(=O)O)C(=O)CN1CCN(c2ccccn2)CC1. The van der Waals surface area contributed by atoms with Crippen molar-refractivity contribution in [3.05, 3.63) is 24.4 Å². The summed E-state index contributed by atoms with van der Waals surface area (Å²) in [6.45, 7) is 5.66. The Bertz CT molecular complexity index is 515. The van der Waals surface area contributed by atoms with Crippen molar-refractivity contribution in [2.45, 2.75) is 13.3 Å². The maximum Gasteiger partial charge on any atom is 0.323 e. The van der Waals surface area contributed by atoms with E-state index < -0.39 is 5.97 Å². The van der Waals surface area contributed by atoms with E-state index in [0.29, 0.717) is 6.54 Å². The van der Waals surface area contributed by atoms with Crippen LogP contribution in [0.1, 0.15) is 13.3 Å². The van der Waals surface area contributed by atoms with Gasteiger partial charge >= 0.3 is 5.97 Å². The first-order valence-corrected chi connectivity index (χ1v) is 7.98. The molecule has 1 saturated heterocycles. The highest BCUT2D eigenvalue weighted by Gasteiger charge is 2.23. The summed E-state index contributed by atoms with van der Waals surface area (Å²) in [4.78, 5) is 33.2. The molecule has 1 amide bonds. The predicted molar refractivity (Wildman–Crippen MR) is 87.4 cm³/mol. The van der Waals surface area contributed by atoms with Crippen molar-refractivity contribution in [2.75, 3.05) is 50.7 Å². The molecule has 2 heterocycles. The molecule has 126 valence electrons. The highest BCUT2D eigenvalue weighted by atomic mass is 16.4. The van der Waals surface area contributed by atoms with Crippen molar-refractivity contribution >= 4 is 17.7 Å². The molecule has 0 unspecified atom stereocenters. The van der Waals surface area contributed by atoms with Gasteiger partial charge in [0.2, 0.25) is 5.91 Å². The number of carbonyl (C=O) groups is 2. The van der Waals surface area contributed by atoms with Gasteiger partial charge in [-0.05, 0) is 18.6 Å². The maximum absolute atomic E-state index is 12.3. The van der Waals surface area contributed by atoms with Crippen LogP contribution in [0.5, 0.6) is 0 Å². The van der Waals surface area contributed by atoms with Crippen LogP contribution < -0.4 is 4.90 Å². The molecule has 1 aromatic rings. The van der Waals surface area contributed by atoms with Gasteiger partial charge in [0.25, 0.3) is 0 Å². The lowest BCUT2D eigenvalue weighted by atomic mass is 10.3. The second-order valence-electron chi connectivity index (χ2n) is 5.66. The Kier molecular flexibility index (Phi) is 6.34. The molecule has 0 spiro atoms. The molecule has 1 aliphatic heterocycles. The number of rotatable bonds is 7. The third kappa shape index (κ3) is 5.21. The Morgan fingerprint density at radius 1 is 1.26 bits per heavy atom. The molecule has 7 nitrogen and oxygen atoms in total. The summed E-state index contributed by atoms with van der Waals surface area (Å²) in [5.74, 6) is -0.121.